The number of carbonyl (C=O) groups is 1. The standard InChI is InChI=1S/C16H28N4O/c1-5-6-7-9-17-15(21)14-11-13(4)19-16(20-14)18-10-8-12(2)3/h11-12H,5-10H2,1-4H3,(H,17,21)(H,18,19,20). The molecule has 0 radical (unpaired) electrons. The molecule has 0 spiro atoms. The second-order valence-electron chi connectivity index (χ2n) is 5.79. The SMILES string of the molecule is CCCCCNC(=O)c1cc(C)nc(NCCC(C)C)n1. The van der Waals surface area contributed by atoms with Crippen LogP contribution in [0.4, 0.5) is 5.95 Å². The summed E-state index contributed by atoms with van der Waals surface area (Å²) in [6.07, 6.45) is 4.33. The molecule has 0 bridgehead atoms. The summed E-state index contributed by atoms with van der Waals surface area (Å²) in [5.74, 6) is 1.04. The Morgan fingerprint density at radius 1 is 1.24 bits per heavy atom. The highest BCUT2D eigenvalue weighted by Crippen LogP contribution is 2.06. The van der Waals surface area contributed by atoms with Crippen LogP contribution in [0.1, 0.15) is 62.6 Å². The van der Waals surface area contributed by atoms with Gasteiger partial charge in [0.1, 0.15) is 5.69 Å². The van der Waals surface area contributed by atoms with Crippen LogP contribution in [0.15, 0.2) is 6.07 Å². The maximum atomic E-state index is 12.1. The lowest BCUT2D eigenvalue weighted by Gasteiger charge is -2.09. The minimum atomic E-state index is -0.122. The van der Waals surface area contributed by atoms with Crippen molar-refractivity contribution in [2.45, 2.75) is 53.4 Å². The second kappa shape index (κ2) is 9.32. The van der Waals surface area contributed by atoms with Crippen LogP contribution in [0, 0.1) is 12.8 Å². The van der Waals surface area contributed by atoms with E-state index in [0.717, 1.165) is 37.9 Å². The molecular formula is C16H28N4O. The number of nitrogens with one attached hydrogen (secondary N) is 2. The predicted molar refractivity (Wildman–Crippen MR) is 86.6 cm³/mol. The molecule has 0 atom stereocenters. The van der Waals surface area contributed by atoms with Gasteiger partial charge >= 0.3 is 0 Å². The molecule has 2 N–H and O–H groups in total. The van der Waals surface area contributed by atoms with Crippen LogP contribution in [-0.4, -0.2) is 29.0 Å². The number of hydrogen-bond acceptors (Lipinski definition) is 4. The Bertz CT molecular complexity index is 446. The summed E-state index contributed by atoms with van der Waals surface area (Å²) in [4.78, 5) is 20.7. The molecule has 1 amide bonds. The smallest absolute Gasteiger partial charge is 0.270 e. The average molecular weight is 292 g/mol. The van der Waals surface area contributed by atoms with E-state index in [9.17, 15) is 4.79 Å². The molecule has 5 nitrogen and oxygen atoms in total. The van der Waals surface area contributed by atoms with Gasteiger partial charge in [0.25, 0.3) is 5.91 Å². The third kappa shape index (κ3) is 7.06. The van der Waals surface area contributed by atoms with Gasteiger partial charge in [-0.2, -0.15) is 0 Å². The van der Waals surface area contributed by atoms with Crippen molar-refractivity contribution in [3.05, 3.63) is 17.5 Å². The maximum absolute atomic E-state index is 12.1. The Morgan fingerprint density at radius 2 is 2.00 bits per heavy atom. The van der Waals surface area contributed by atoms with E-state index in [4.69, 9.17) is 0 Å². The van der Waals surface area contributed by atoms with Crippen LogP contribution >= 0.6 is 0 Å². The lowest BCUT2D eigenvalue weighted by Crippen LogP contribution is -2.26. The van der Waals surface area contributed by atoms with Crippen LogP contribution in [0.2, 0.25) is 0 Å². The second-order valence-corrected chi connectivity index (χ2v) is 5.79. The topological polar surface area (TPSA) is 66.9 Å². The van der Waals surface area contributed by atoms with Gasteiger partial charge in [-0.25, -0.2) is 9.97 Å². The Morgan fingerprint density at radius 3 is 2.67 bits per heavy atom. The van der Waals surface area contributed by atoms with E-state index in [2.05, 4.69) is 41.4 Å². The fourth-order valence-electron chi connectivity index (χ4n) is 1.90. The Hall–Kier alpha value is -1.65. The first-order chi connectivity index (χ1) is 10.0. The van der Waals surface area contributed by atoms with Crippen LogP contribution < -0.4 is 10.6 Å². The minimum absolute atomic E-state index is 0.122. The molecule has 0 saturated heterocycles. The zero-order valence-electron chi connectivity index (χ0n) is 13.7. The minimum Gasteiger partial charge on any atom is -0.354 e. The number of aromatic nitrogens is 2. The Kier molecular flexibility index (Phi) is 7.72. The van der Waals surface area contributed by atoms with E-state index in [-0.39, 0.29) is 5.91 Å². The first-order valence-electron chi connectivity index (χ1n) is 7.90. The largest absolute Gasteiger partial charge is 0.354 e. The zero-order valence-corrected chi connectivity index (χ0v) is 13.7. The van der Waals surface area contributed by atoms with Crippen molar-refractivity contribution >= 4 is 11.9 Å². The van der Waals surface area contributed by atoms with E-state index in [1.807, 2.05) is 6.92 Å². The lowest BCUT2D eigenvalue weighted by molar-refractivity contribution is 0.0948. The number of unbranched alkanes of at least 4 members (excludes halogenated alkanes) is 2. The third-order valence-electron chi connectivity index (χ3n) is 3.16. The highest BCUT2D eigenvalue weighted by atomic mass is 16.1. The zero-order chi connectivity index (χ0) is 15.7. The molecule has 1 rings (SSSR count). The summed E-state index contributed by atoms with van der Waals surface area (Å²) < 4.78 is 0. The van der Waals surface area contributed by atoms with Gasteiger partial charge in [-0.1, -0.05) is 33.6 Å². The Labute approximate surface area is 128 Å². The van der Waals surface area contributed by atoms with Crippen molar-refractivity contribution in [1.29, 1.82) is 0 Å². The van der Waals surface area contributed by atoms with Crippen molar-refractivity contribution < 1.29 is 4.79 Å². The van der Waals surface area contributed by atoms with Gasteiger partial charge in [-0.3, -0.25) is 4.79 Å². The molecule has 1 heterocycles. The van der Waals surface area contributed by atoms with E-state index in [1.165, 1.54) is 0 Å². The number of rotatable bonds is 9. The lowest BCUT2D eigenvalue weighted by atomic mass is 10.1. The number of carbonyl (C=O) groups excluding carboxylic acids is 1. The number of amides is 1. The number of anilines is 1. The van der Waals surface area contributed by atoms with Crippen molar-refractivity contribution in [2.75, 3.05) is 18.4 Å². The molecular weight excluding hydrogens is 264 g/mol. The molecule has 5 heteroatoms. The van der Waals surface area contributed by atoms with Gasteiger partial charge in [0.05, 0.1) is 0 Å². The first-order valence-corrected chi connectivity index (χ1v) is 7.90. The van der Waals surface area contributed by atoms with Gasteiger partial charge in [0.15, 0.2) is 0 Å². The molecule has 0 saturated carbocycles. The summed E-state index contributed by atoms with van der Waals surface area (Å²) in [7, 11) is 0. The highest BCUT2D eigenvalue weighted by Gasteiger charge is 2.10. The van der Waals surface area contributed by atoms with E-state index < -0.39 is 0 Å². The van der Waals surface area contributed by atoms with E-state index >= 15 is 0 Å². The molecule has 0 aliphatic carbocycles. The molecule has 118 valence electrons. The summed E-state index contributed by atoms with van der Waals surface area (Å²) in [5, 5.41) is 6.09. The van der Waals surface area contributed by atoms with Crippen molar-refractivity contribution in [3.8, 4) is 0 Å². The van der Waals surface area contributed by atoms with Gasteiger partial charge in [0, 0.05) is 18.8 Å². The molecule has 0 aromatic carbocycles. The van der Waals surface area contributed by atoms with Gasteiger partial charge in [-0.15, -0.1) is 0 Å². The highest BCUT2D eigenvalue weighted by molar-refractivity contribution is 5.92. The Balaban J connectivity index is 2.57. The number of aryl methyl sites for hydroxylation is 1. The molecule has 0 fully saturated rings. The van der Waals surface area contributed by atoms with Crippen LogP contribution in [-0.2, 0) is 0 Å². The summed E-state index contributed by atoms with van der Waals surface area (Å²) in [5.41, 5.74) is 1.24. The van der Waals surface area contributed by atoms with Crippen LogP contribution in [0.3, 0.4) is 0 Å². The summed E-state index contributed by atoms with van der Waals surface area (Å²) >= 11 is 0. The maximum Gasteiger partial charge on any atom is 0.270 e. The van der Waals surface area contributed by atoms with E-state index in [1.54, 1.807) is 6.07 Å². The first kappa shape index (κ1) is 17.4. The summed E-state index contributed by atoms with van der Waals surface area (Å²) in [6, 6.07) is 1.72. The van der Waals surface area contributed by atoms with Crippen LogP contribution in [0.25, 0.3) is 0 Å². The molecule has 0 aliphatic heterocycles. The normalized spacial score (nSPS) is 10.7. The number of nitrogens with zero attached hydrogens (tertiary/aromatic N) is 2. The fourth-order valence-corrected chi connectivity index (χ4v) is 1.90. The molecule has 1 aromatic heterocycles. The average Bonchev–Trinajstić information content (AvgIpc) is 2.42. The van der Waals surface area contributed by atoms with E-state index in [0.29, 0.717) is 24.1 Å². The predicted octanol–water partition coefficient (Wildman–Crippen LogP) is 3.16. The monoisotopic (exact) mass is 292 g/mol. The van der Waals surface area contributed by atoms with Gasteiger partial charge in [0.2, 0.25) is 5.95 Å². The third-order valence-corrected chi connectivity index (χ3v) is 3.16. The van der Waals surface area contributed by atoms with Gasteiger partial charge in [-0.05, 0) is 31.7 Å². The molecule has 1 aromatic rings. The van der Waals surface area contributed by atoms with Crippen molar-refractivity contribution in [1.82, 2.24) is 15.3 Å². The quantitative estimate of drug-likeness (QED) is 0.686. The number of hydrogen-bond donors (Lipinski definition) is 2. The van der Waals surface area contributed by atoms with Crippen LogP contribution in [0.5, 0.6) is 0 Å². The summed E-state index contributed by atoms with van der Waals surface area (Å²) in [6.45, 7) is 9.89. The molecule has 21 heavy (non-hydrogen) atoms. The van der Waals surface area contributed by atoms with Gasteiger partial charge < -0.3 is 10.6 Å². The van der Waals surface area contributed by atoms with Crippen molar-refractivity contribution in [3.63, 3.8) is 0 Å². The van der Waals surface area contributed by atoms with Crippen molar-refractivity contribution in [2.24, 2.45) is 5.92 Å². The molecule has 0 aliphatic rings. The molecule has 0 unspecified atom stereocenters. The fraction of sp³-hybridized carbons (Fsp3) is 0.688.